The molecule has 1 aromatic rings. The van der Waals surface area contributed by atoms with E-state index in [4.69, 9.17) is 4.74 Å². The summed E-state index contributed by atoms with van der Waals surface area (Å²) >= 11 is 0. The van der Waals surface area contributed by atoms with Crippen molar-refractivity contribution < 1.29 is 4.74 Å². The van der Waals surface area contributed by atoms with Gasteiger partial charge in [0.2, 0.25) is 5.95 Å². The molecule has 1 N–H and O–H groups in total. The number of hydrogen-bond acceptors (Lipinski definition) is 4. The number of methoxy groups -OCH3 is 1. The highest BCUT2D eigenvalue weighted by atomic mass is 16.5. The summed E-state index contributed by atoms with van der Waals surface area (Å²) in [4.78, 5) is 8.38. The highest BCUT2D eigenvalue weighted by molar-refractivity contribution is 5.27. The molecule has 1 fully saturated rings. The molecule has 1 aliphatic rings. The predicted octanol–water partition coefficient (Wildman–Crippen LogP) is 2.33. The summed E-state index contributed by atoms with van der Waals surface area (Å²) in [5.74, 6) is 2.98. The van der Waals surface area contributed by atoms with Gasteiger partial charge in [-0.1, -0.05) is 19.8 Å². The van der Waals surface area contributed by atoms with E-state index in [0.29, 0.717) is 11.7 Å². The second-order valence-corrected chi connectivity index (χ2v) is 4.50. The van der Waals surface area contributed by atoms with Gasteiger partial charge in [-0.25, -0.2) is 9.97 Å². The van der Waals surface area contributed by atoms with Gasteiger partial charge in [0.15, 0.2) is 5.75 Å². The third-order valence-corrected chi connectivity index (χ3v) is 3.43. The van der Waals surface area contributed by atoms with Crippen molar-refractivity contribution in [2.45, 2.75) is 26.2 Å². The number of ether oxygens (including phenoxy) is 1. The Balaban J connectivity index is 1.84. The van der Waals surface area contributed by atoms with Crippen molar-refractivity contribution in [3.8, 4) is 5.75 Å². The third kappa shape index (κ3) is 2.62. The van der Waals surface area contributed by atoms with Crippen molar-refractivity contribution in [1.82, 2.24) is 9.97 Å². The van der Waals surface area contributed by atoms with E-state index in [1.807, 2.05) is 0 Å². The van der Waals surface area contributed by atoms with Crippen LogP contribution in [0, 0.1) is 11.8 Å². The first-order valence-electron chi connectivity index (χ1n) is 5.89. The fourth-order valence-corrected chi connectivity index (χ4v) is 2.26. The SMILES string of the molecule is COc1cnc(NCC2CCCC2C)nc1. The number of aromatic nitrogens is 2. The minimum Gasteiger partial charge on any atom is -0.494 e. The Kier molecular flexibility index (Phi) is 3.59. The molecule has 4 nitrogen and oxygen atoms in total. The Hall–Kier alpha value is -1.32. The maximum absolute atomic E-state index is 5.01. The first-order chi connectivity index (χ1) is 7.79. The summed E-state index contributed by atoms with van der Waals surface area (Å²) in [6.45, 7) is 3.31. The molecule has 0 aliphatic heterocycles. The second kappa shape index (κ2) is 5.14. The zero-order valence-electron chi connectivity index (χ0n) is 9.94. The van der Waals surface area contributed by atoms with Gasteiger partial charge < -0.3 is 10.1 Å². The Morgan fingerprint density at radius 3 is 2.69 bits per heavy atom. The van der Waals surface area contributed by atoms with Crippen LogP contribution in [-0.2, 0) is 0 Å². The average molecular weight is 221 g/mol. The van der Waals surface area contributed by atoms with Crippen LogP contribution in [0.15, 0.2) is 12.4 Å². The molecule has 16 heavy (non-hydrogen) atoms. The van der Waals surface area contributed by atoms with Gasteiger partial charge in [-0.15, -0.1) is 0 Å². The number of anilines is 1. The summed E-state index contributed by atoms with van der Waals surface area (Å²) in [7, 11) is 1.62. The highest BCUT2D eigenvalue weighted by Crippen LogP contribution is 2.30. The van der Waals surface area contributed by atoms with E-state index < -0.39 is 0 Å². The molecular weight excluding hydrogens is 202 g/mol. The molecule has 0 spiro atoms. The van der Waals surface area contributed by atoms with Gasteiger partial charge in [-0.2, -0.15) is 0 Å². The molecule has 0 saturated heterocycles. The van der Waals surface area contributed by atoms with Gasteiger partial charge in [0.25, 0.3) is 0 Å². The van der Waals surface area contributed by atoms with Crippen LogP contribution in [0.2, 0.25) is 0 Å². The fourth-order valence-electron chi connectivity index (χ4n) is 2.26. The molecule has 0 bridgehead atoms. The molecule has 1 aliphatic carbocycles. The molecule has 2 rings (SSSR count). The molecule has 1 heterocycles. The van der Waals surface area contributed by atoms with Crippen LogP contribution in [0.5, 0.6) is 5.75 Å². The Bertz CT molecular complexity index is 326. The normalized spacial score (nSPS) is 24.4. The van der Waals surface area contributed by atoms with Crippen LogP contribution in [-0.4, -0.2) is 23.6 Å². The molecular formula is C12H19N3O. The Labute approximate surface area is 96.4 Å². The minimum absolute atomic E-state index is 0.694. The molecule has 0 amide bonds. The monoisotopic (exact) mass is 221 g/mol. The molecule has 1 saturated carbocycles. The van der Waals surface area contributed by atoms with Crippen LogP contribution in [0.3, 0.4) is 0 Å². The van der Waals surface area contributed by atoms with Crippen molar-refractivity contribution in [3.05, 3.63) is 12.4 Å². The van der Waals surface area contributed by atoms with Crippen LogP contribution in [0.4, 0.5) is 5.95 Å². The Morgan fingerprint density at radius 2 is 2.12 bits per heavy atom. The van der Waals surface area contributed by atoms with Crippen LogP contribution in [0.25, 0.3) is 0 Å². The summed E-state index contributed by atoms with van der Waals surface area (Å²) < 4.78 is 5.01. The van der Waals surface area contributed by atoms with Crippen molar-refractivity contribution >= 4 is 5.95 Å². The molecule has 2 unspecified atom stereocenters. The fraction of sp³-hybridized carbons (Fsp3) is 0.667. The van der Waals surface area contributed by atoms with E-state index in [1.54, 1.807) is 19.5 Å². The van der Waals surface area contributed by atoms with Crippen LogP contribution in [0.1, 0.15) is 26.2 Å². The standard InChI is InChI=1S/C12H19N3O/c1-9-4-3-5-10(9)6-13-12-14-7-11(16-2)8-15-12/h7-10H,3-6H2,1-2H3,(H,13,14,15). The average Bonchev–Trinajstić information content (AvgIpc) is 2.73. The van der Waals surface area contributed by atoms with Crippen LogP contribution < -0.4 is 10.1 Å². The lowest BCUT2D eigenvalue weighted by molar-refractivity contribution is 0.410. The van der Waals surface area contributed by atoms with Crippen LogP contribution >= 0.6 is 0 Å². The first kappa shape index (κ1) is 11.2. The topological polar surface area (TPSA) is 47.0 Å². The number of nitrogens with zero attached hydrogens (tertiary/aromatic N) is 2. The van der Waals surface area contributed by atoms with E-state index in [2.05, 4.69) is 22.2 Å². The van der Waals surface area contributed by atoms with Crippen molar-refractivity contribution in [2.75, 3.05) is 19.0 Å². The quantitative estimate of drug-likeness (QED) is 0.847. The molecule has 0 radical (unpaired) electrons. The van der Waals surface area contributed by atoms with E-state index >= 15 is 0 Å². The zero-order chi connectivity index (χ0) is 11.4. The maximum Gasteiger partial charge on any atom is 0.222 e. The number of nitrogens with one attached hydrogen (secondary N) is 1. The largest absolute Gasteiger partial charge is 0.494 e. The summed E-state index contributed by atoms with van der Waals surface area (Å²) in [5.41, 5.74) is 0. The number of rotatable bonds is 4. The summed E-state index contributed by atoms with van der Waals surface area (Å²) in [5, 5.41) is 3.29. The molecule has 88 valence electrons. The summed E-state index contributed by atoms with van der Waals surface area (Å²) in [6.07, 6.45) is 7.41. The van der Waals surface area contributed by atoms with E-state index in [1.165, 1.54) is 19.3 Å². The van der Waals surface area contributed by atoms with Gasteiger partial charge in [0, 0.05) is 6.54 Å². The number of hydrogen-bond donors (Lipinski definition) is 1. The zero-order valence-corrected chi connectivity index (χ0v) is 9.94. The smallest absolute Gasteiger partial charge is 0.222 e. The lowest BCUT2D eigenvalue weighted by Gasteiger charge is -2.15. The molecule has 2 atom stereocenters. The minimum atomic E-state index is 0.694. The van der Waals surface area contributed by atoms with Gasteiger partial charge >= 0.3 is 0 Å². The molecule has 1 aromatic heterocycles. The lowest BCUT2D eigenvalue weighted by atomic mass is 9.98. The van der Waals surface area contributed by atoms with Crippen molar-refractivity contribution in [1.29, 1.82) is 0 Å². The lowest BCUT2D eigenvalue weighted by Crippen LogP contribution is -2.17. The summed E-state index contributed by atoms with van der Waals surface area (Å²) in [6, 6.07) is 0. The Morgan fingerprint density at radius 1 is 1.38 bits per heavy atom. The second-order valence-electron chi connectivity index (χ2n) is 4.50. The molecule has 4 heteroatoms. The van der Waals surface area contributed by atoms with Crippen molar-refractivity contribution in [3.63, 3.8) is 0 Å². The van der Waals surface area contributed by atoms with Crippen molar-refractivity contribution in [2.24, 2.45) is 11.8 Å². The molecule has 0 aromatic carbocycles. The maximum atomic E-state index is 5.01. The first-order valence-corrected chi connectivity index (χ1v) is 5.89. The van der Waals surface area contributed by atoms with Gasteiger partial charge in [-0.05, 0) is 18.3 Å². The third-order valence-electron chi connectivity index (χ3n) is 3.43. The van der Waals surface area contributed by atoms with E-state index in [9.17, 15) is 0 Å². The van der Waals surface area contributed by atoms with Gasteiger partial charge in [0.1, 0.15) is 0 Å². The van der Waals surface area contributed by atoms with E-state index in [0.717, 1.165) is 18.4 Å². The highest BCUT2D eigenvalue weighted by Gasteiger charge is 2.22. The van der Waals surface area contributed by atoms with Gasteiger partial charge in [-0.3, -0.25) is 0 Å². The van der Waals surface area contributed by atoms with E-state index in [-0.39, 0.29) is 0 Å². The predicted molar refractivity (Wildman–Crippen MR) is 63.6 cm³/mol. The van der Waals surface area contributed by atoms with Gasteiger partial charge in [0.05, 0.1) is 19.5 Å².